The van der Waals surface area contributed by atoms with Crippen LogP contribution in [0.4, 0.5) is 0 Å². The van der Waals surface area contributed by atoms with Gasteiger partial charge in [0.1, 0.15) is 12.4 Å². The molecule has 1 aliphatic rings. The quantitative estimate of drug-likeness (QED) is 0.622. The van der Waals surface area contributed by atoms with E-state index in [2.05, 4.69) is 21.2 Å². The zero-order valence-electron chi connectivity index (χ0n) is 14.8. The first-order valence-corrected chi connectivity index (χ1v) is 9.80. The fourth-order valence-corrected chi connectivity index (χ4v) is 3.52. The van der Waals surface area contributed by atoms with Gasteiger partial charge < -0.3 is 19.7 Å². The molecule has 0 atom stereocenters. The number of methoxy groups -OCH3 is 1. The number of carbonyl (C=O) groups is 2. The van der Waals surface area contributed by atoms with E-state index in [0.29, 0.717) is 43.3 Å². The molecule has 1 aromatic carbocycles. The number of amides is 2. The van der Waals surface area contributed by atoms with E-state index < -0.39 is 0 Å². The molecule has 1 fully saturated rings. The topological polar surface area (TPSA) is 67.9 Å². The highest BCUT2D eigenvalue weighted by molar-refractivity contribution is 9.10. The normalized spacial score (nSPS) is 15.0. The van der Waals surface area contributed by atoms with Gasteiger partial charge in [0.15, 0.2) is 0 Å². The highest BCUT2D eigenvalue weighted by atomic mass is 79.9. The number of carbonyl (C=O) groups excluding carboxylic acids is 2. The minimum absolute atomic E-state index is 0.000952. The molecule has 1 aromatic rings. The van der Waals surface area contributed by atoms with E-state index in [1.165, 1.54) is 7.11 Å². The molecule has 2 rings (SSSR count). The largest absolute Gasteiger partial charge is 0.492 e. The minimum Gasteiger partial charge on any atom is -0.492 e. The third-order valence-corrected chi connectivity index (χ3v) is 4.97. The smallest absolute Gasteiger partial charge is 0.248 e. The Morgan fingerprint density at radius 2 is 2.08 bits per heavy atom. The molecule has 0 aromatic heterocycles. The molecule has 0 bridgehead atoms. The van der Waals surface area contributed by atoms with Gasteiger partial charge in [-0.05, 0) is 37.5 Å². The van der Waals surface area contributed by atoms with Gasteiger partial charge >= 0.3 is 0 Å². The van der Waals surface area contributed by atoms with Crippen molar-refractivity contribution < 1.29 is 19.1 Å². The molecule has 0 saturated carbocycles. The average molecular weight is 448 g/mol. The van der Waals surface area contributed by atoms with Gasteiger partial charge in [-0.3, -0.25) is 9.59 Å². The molecular weight excluding hydrogens is 424 g/mol. The molecule has 144 valence electrons. The lowest BCUT2D eigenvalue weighted by molar-refractivity contribution is -0.136. The Morgan fingerprint density at radius 1 is 1.35 bits per heavy atom. The van der Waals surface area contributed by atoms with Crippen molar-refractivity contribution in [3.63, 3.8) is 0 Å². The number of piperidine rings is 1. The van der Waals surface area contributed by atoms with Gasteiger partial charge in [0.25, 0.3) is 0 Å². The number of rotatable bonds is 8. The Kier molecular flexibility index (Phi) is 8.68. The van der Waals surface area contributed by atoms with Crippen molar-refractivity contribution in [3.05, 3.63) is 27.7 Å². The summed E-state index contributed by atoms with van der Waals surface area (Å²) in [5.41, 5.74) is 0. The predicted octanol–water partition coefficient (Wildman–Crippen LogP) is 3.02. The average Bonchev–Trinajstić information content (AvgIpc) is 2.61. The van der Waals surface area contributed by atoms with E-state index in [0.717, 1.165) is 17.3 Å². The first kappa shape index (κ1) is 21.0. The van der Waals surface area contributed by atoms with E-state index in [1.54, 1.807) is 17.0 Å². The van der Waals surface area contributed by atoms with Gasteiger partial charge in [-0.15, -0.1) is 0 Å². The van der Waals surface area contributed by atoms with E-state index >= 15 is 0 Å². The van der Waals surface area contributed by atoms with Crippen molar-refractivity contribution in [3.8, 4) is 5.75 Å². The Balaban J connectivity index is 1.61. The molecule has 0 unspecified atom stereocenters. The summed E-state index contributed by atoms with van der Waals surface area (Å²) in [6.45, 7) is 1.84. The Hall–Kier alpha value is -1.31. The maximum atomic E-state index is 12.1. The number of likely N-dealkylation sites (tertiary alicyclic amines) is 1. The van der Waals surface area contributed by atoms with Gasteiger partial charge in [0, 0.05) is 37.1 Å². The van der Waals surface area contributed by atoms with Gasteiger partial charge in [-0.1, -0.05) is 27.5 Å². The third kappa shape index (κ3) is 6.78. The van der Waals surface area contributed by atoms with Crippen molar-refractivity contribution in [2.24, 2.45) is 0 Å². The lowest BCUT2D eigenvalue weighted by Crippen LogP contribution is -2.47. The molecule has 6 nitrogen and oxygen atoms in total. The molecule has 0 spiro atoms. The number of halogens is 2. The lowest BCUT2D eigenvalue weighted by Gasteiger charge is -2.32. The van der Waals surface area contributed by atoms with Crippen molar-refractivity contribution in [1.82, 2.24) is 10.2 Å². The SMILES string of the molecule is COCC(=O)N1CCC(NC(=O)CCCOc2ccc(Br)cc2Cl)CC1. The zero-order chi connectivity index (χ0) is 18.9. The Morgan fingerprint density at radius 3 is 2.73 bits per heavy atom. The van der Waals surface area contributed by atoms with Crippen molar-refractivity contribution >= 4 is 39.3 Å². The summed E-state index contributed by atoms with van der Waals surface area (Å²) >= 11 is 9.43. The number of hydrogen-bond donors (Lipinski definition) is 1. The van der Waals surface area contributed by atoms with Gasteiger partial charge in [0.2, 0.25) is 11.8 Å². The van der Waals surface area contributed by atoms with Crippen LogP contribution in [0.2, 0.25) is 5.02 Å². The monoisotopic (exact) mass is 446 g/mol. The van der Waals surface area contributed by atoms with E-state index in [1.807, 2.05) is 6.07 Å². The number of hydrogen-bond acceptors (Lipinski definition) is 4. The number of benzene rings is 1. The maximum Gasteiger partial charge on any atom is 0.248 e. The second kappa shape index (κ2) is 10.7. The Labute approximate surface area is 167 Å². The molecule has 1 aliphatic heterocycles. The number of ether oxygens (including phenoxy) is 2. The first-order valence-electron chi connectivity index (χ1n) is 8.63. The second-order valence-electron chi connectivity index (χ2n) is 6.18. The zero-order valence-corrected chi connectivity index (χ0v) is 17.1. The molecular formula is C18H24BrClN2O4. The van der Waals surface area contributed by atoms with Crippen LogP contribution in [0, 0.1) is 0 Å². The number of nitrogens with one attached hydrogen (secondary N) is 1. The van der Waals surface area contributed by atoms with Crippen molar-refractivity contribution in [1.29, 1.82) is 0 Å². The minimum atomic E-state index is 0.000952. The van der Waals surface area contributed by atoms with E-state index in [4.69, 9.17) is 21.1 Å². The van der Waals surface area contributed by atoms with Crippen LogP contribution < -0.4 is 10.1 Å². The van der Waals surface area contributed by atoms with Crippen LogP contribution in [-0.2, 0) is 14.3 Å². The predicted molar refractivity (Wildman–Crippen MR) is 104 cm³/mol. The highest BCUT2D eigenvalue weighted by Crippen LogP contribution is 2.27. The molecule has 1 saturated heterocycles. The van der Waals surface area contributed by atoms with Crippen molar-refractivity contribution in [2.75, 3.05) is 33.4 Å². The summed E-state index contributed by atoms with van der Waals surface area (Å²) in [6.07, 6.45) is 2.55. The van der Waals surface area contributed by atoms with E-state index in [9.17, 15) is 9.59 Å². The summed E-state index contributed by atoms with van der Waals surface area (Å²) in [7, 11) is 1.51. The summed E-state index contributed by atoms with van der Waals surface area (Å²) in [6, 6.07) is 5.55. The highest BCUT2D eigenvalue weighted by Gasteiger charge is 2.23. The fraction of sp³-hybridized carbons (Fsp3) is 0.556. The molecule has 8 heteroatoms. The standard InChI is InChI=1S/C18H24BrClN2O4/c1-25-12-18(24)22-8-6-14(7-9-22)21-17(23)3-2-10-26-16-5-4-13(19)11-15(16)20/h4-5,11,14H,2-3,6-10,12H2,1H3,(H,21,23). The van der Waals surface area contributed by atoms with Crippen LogP contribution in [0.1, 0.15) is 25.7 Å². The molecule has 1 N–H and O–H groups in total. The van der Waals surface area contributed by atoms with Gasteiger partial charge in [-0.2, -0.15) is 0 Å². The lowest BCUT2D eigenvalue weighted by atomic mass is 10.0. The third-order valence-electron chi connectivity index (χ3n) is 4.18. The first-order chi connectivity index (χ1) is 12.5. The molecule has 0 radical (unpaired) electrons. The van der Waals surface area contributed by atoms with Gasteiger partial charge in [-0.25, -0.2) is 0 Å². The van der Waals surface area contributed by atoms with Crippen LogP contribution in [0.15, 0.2) is 22.7 Å². The van der Waals surface area contributed by atoms with Crippen molar-refractivity contribution in [2.45, 2.75) is 31.7 Å². The summed E-state index contributed by atoms with van der Waals surface area (Å²) in [5, 5.41) is 3.57. The van der Waals surface area contributed by atoms with Crippen LogP contribution in [0.3, 0.4) is 0 Å². The van der Waals surface area contributed by atoms with Crippen LogP contribution in [-0.4, -0.2) is 56.2 Å². The molecule has 2 amide bonds. The summed E-state index contributed by atoms with van der Waals surface area (Å²) < 4.78 is 11.4. The van der Waals surface area contributed by atoms with E-state index in [-0.39, 0.29) is 24.5 Å². The summed E-state index contributed by atoms with van der Waals surface area (Å²) in [4.78, 5) is 25.6. The maximum absolute atomic E-state index is 12.1. The summed E-state index contributed by atoms with van der Waals surface area (Å²) in [5.74, 6) is 0.626. The molecule has 1 heterocycles. The number of nitrogens with zero attached hydrogens (tertiary/aromatic N) is 1. The Bertz CT molecular complexity index is 621. The van der Waals surface area contributed by atoms with Crippen LogP contribution in [0.5, 0.6) is 5.75 Å². The second-order valence-corrected chi connectivity index (χ2v) is 7.51. The molecule has 0 aliphatic carbocycles. The van der Waals surface area contributed by atoms with Gasteiger partial charge in [0.05, 0.1) is 11.6 Å². The van der Waals surface area contributed by atoms with Crippen LogP contribution >= 0.6 is 27.5 Å². The fourth-order valence-electron chi connectivity index (χ4n) is 2.79. The van der Waals surface area contributed by atoms with Crippen LogP contribution in [0.25, 0.3) is 0 Å². The molecule has 26 heavy (non-hydrogen) atoms.